The number of nitrogens with zero attached hydrogens (tertiary/aromatic N) is 3. The number of halogens is 1. The molecule has 1 heterocycles. The summed E-state index contributed by atoms with van der Waals surface area (Å²) in [4.78, 5) is 19.5. The van der Waals surface area contributed by atoms with E-state index in [9.17, 15) is 10.1 Å². The topological polar surface area (TPSA) is 93.0 Å². The third-order valence-electron chi connectivity index (χ3n) is 4.65. The lowest BCUT2D eigenvalue weighted by atomic mass is 10.1. The Morgan fingerprint density at radius 1 is 1.15 bits per heavy atom. The fraction of sp³-hybridized carbons (Fsp3) is 0.444. The monoisotopic (exact) mass is 375 g/mol. The standard InChI is InChI=1S/C18H22ClN5O2/c1-12-8-9-13(19)10-15(12)23-18-16(24(25)26)17(20-11-21-18)22-14-6-4-2-3-5-7-14/h8-11,14H,2-7H2,1H3,(H2,20,21,22,23). The molecule has 0 aliphatic heterocycles. The highest BCUT2D eigenvalue weighted by Gasteiger charge is 2.25. The summed E-state index contributed by atoms with van der Waals surface area (Å²) in [5, 5.41) is 18.6. The highest BCUT2D eigenvalue weighted by molar-refractivity contribution is 6.30. The van der Waals surface area contributed by atoms with Crippen LogP contribution in [0.5, 0.6) is 0 Å². The van der Waals surface area contributed by atoms with Crippen LogP contribution < -0.4 is 10.6 Å². The van der Waals surface area contributed by atoms with Crippen molar-refractivity contribution in [2.24, 2.45) is 0 Å². The van der Waals surface area contributed by atoms with Crippen molar-refractivity contribution in [3.8, 4) is 0 Å². The molecule has 7 nitrogen and oxygen atoms in total. The van der Waals surface area contributed by atoms with E-state index < -0.39 is 4.92 Å². The van der Waals surface area contributed by atoms with E-state index in [1.54, 1.807) is 12.1 Å². The number of benzene rings is 1. The van der Waals surface area contributed by atoms with E-state index in [0.717, 1.165) is 31.2 Å². The van der Waals surface area contributed by atoms with E-state index in [4.69, 9.17) is 11.6 Å². The fourth-order valence-corrected chi connectivity index (χ4v) is 3.39. The summed E-state index contributed by atoms with van der Waals surface area (Å²) >= 11 is 6.04. The van der Waals surface area contributed by atoms with E-state index in [-0.39, 0.29) is 23.4 Å². The molecule has 1 aliphatic rings. The Labute approximate surface area is 157 Å². The molecule has 1 aromatic heterocycles. The van der Waals surface area contributed by atoms with Gasteiger partial charge in [0.15, 0.2) is 0 Å². The number of hydrogen-bond donors (Lipinski definition) is 2. The number of rotatable bonds is 5. The molecule has 1 saturated carbocycles. The van der Waals surface area contributed by atoms with Crippen molar-refractivity contribution in [3.05, 3.63) is 45.2 Å². The number of aryl methyl sites for hydroxylation is 1. The second-order valence-electron chi connectivity index (χ2n) is 6.59. The summed E-state index contributed by atoms with van der Waals surface area (Å²) in [6.45, 7) is 1.90. The molecule has 2 N–H and O–H groups in total. The molecule has 138 valence electrons. The maximum Gasteiger partial charge on any atom is 0.353 e. The van der Waals surface area contributed by atoms with Crippen molar-refractivity contribution < 1.29 is 4.92 Å². The minimum Gasteiger partial charge on any atom is -0.361 e. The lowest BCUT2D eigenvalue weighted by molar-refractivity contribution is -0.383. The van der Waals surface area contributed by atoms with Gasteiger partial charge in [-0.3, -0.25) is 10.1 Å². The van der Waals surface area contributed by atoms with Gasteiger partial charge in [-0.2, -0.15) is 0 Å². The average molecular weight is 376 g/mol. The molecule has 1 aliphatic carbocycles. The Hall–Kier alpha value is -2.41. The lowest BCUT2D eigenvalue weighted by Gasteiger charge is -2.17. The Morgan fingerprint density at radius 2 is 1.85 bits per heavy atom. The van der Waals surface area contributed by atoms with Crippen molar-refractivity contribution in [1.29, 1.82) is 0 Å². The van der Waals surface area contributed by atoms with Crippen LogP contribution in [0.1, 0.15) is 44.1 Å². The van der Waals surface area contributed by atoms with Gasteiger partial charge < -0.3 is 10.6 Å². The first-order valence-corrected chi connectivity index (χ1v) is 9.21. The van der Waals surface area contributed by atoms with E-state index >= 15 is 0 Å². The van der Waals surface area contributed by atoms with Crippen molar-refractivity contribution in [2.45, 2.75) is 51.5 Å². The zero-order valence-corrected chi connectivity index (χ0v) is 15.4. The van der Waals surface area contributed by atoms with E-state index in [1.807, 2.05) is 13.0 Å². The van der Waals surface area contributed by atoms with Crippen LogP contribution in [-0.2, 0) is 0 Å². The van der Waals surface area contributed by atoms with Gasteiger partial charge in [-0.15, -0.1) is 0 Å². The van der Waals surface area contributed by atoms with Crippen LogP contribution in [-0.4, -0.2) is 20.9 Å². The zero-order chi connectivity index (χ0) is 18.5. The molecular weight excluding hydrogens is 354 g/mol. The van der Waals surface area contributed by atoms with Gasteiger partial charge >= 0.3 is 5.69 Å². The molecule has 0 spiro atoms. The second-order valence-corrected chi connectivity index (χ2v) is 7.03. The van der Waals surface area contributed by atoms with Gasteiger partial charge in [0.1, 0.15) is 6.33 Å². The van der Waals surface area contributed by atoms with Gasteiger partial charge in [0, 0.05) is 16.8 Å². The van der Waals surface area contributed by atoms with Crippen LogP contribution in [0, 0.1) is 17.0 Å². The number of hydrogen-bond acceptors (Lipinski definition) is 6. The van der Waals surface area contributed by atoms with E-state index in [2.05, 4.69) is 20.6 Å². The van der Waals surface area contributed by atoms with Gasteiger partial charge in [-0.1, -0.05) is 43.4 Å². The highest BCUT2D eigenvalue weighted by Crippen LogP contribution is 2.34. The highest BCUT2D eigenvalue weighted by atomic mass is 35.5. The third-order valence-corrected chi connectivity index (χ3v) is 4.89. The number of aromatic nitrogens is 2. The quantitative estimate of drug-likeness (QED) is 0.422. The largest absolute Gasteiger partial charge is 0.361 e. The second kappa shape index (κ2) is 8.31. The maximum atomic E-state index is 11.7. The first-order valence-electron chi connectivity index (χ1n) is 8.83. The van der Waals surface area contributed by atoms with Crippen LogP contribution in [0.25, 0.3) is 0 Å². The van der Waals surface area contributed by atoms with Crippen LogP contribution in [0.3, 0.4) is 0 Å². The van der Waals surface area contributed by atoms with E-state index in [0.29, 0.717) is 10.7 Å². The van der Waals surface area contributed by atoms with Gasteiger partial charge in [0.25, 0.3) is 0 Å². The van der Waals surface area contributed by atoms with Gasteiger partial charge in [0.2, 0.25) is 11.6 Å². The van der Waals surface area contributed by atoms with E-state index in [1.165, 1.54) is 19.2 Å². The molecule has 0 atom stereocenters. The molecule has 1 aromatic carbocycles. The van der Waals surface area contributed by atoms with Crippen LogP contribution in [0.15, 0.2) is 24.5 Å². The summed E-state index contributed by atoms with van der Waals surface area (Å²) in [5.41, 5.74) is 1.46. The molecule has 0 radical (unpaired) electrons. The molecule has 8 heteroatoms. The molecule has 0 amide bonds. The Kier molecular flexibility index (Phi) is 5.88. The molecule has 2 aromatic rings. The first-order chi connectivity index (χ1) is 12.5. The summed E-state index contributed by atoms with van der Waals surface area (Å²) in [7, 11) is 0. The smallest absolute Gasteiger partial charge is 0.353 e. The first kappa shape index (κ1) is 18.4. The predicted octanol–water partition coefficient (Wildman–Crippen LogP) is 5.22. The predicted molar refractivity (Wildman–Crippen MR) is 103 cm³/mol. The van der Waals surface area contributed by atoms with Crippen molar-refractivity contribution in [2.75, 3.05) is 10.6 Å². The molecule has 3 rings (SSSR count). The minimum atomic E-state index is -0.443. The molecular formula is C18H22ClN5O2. The van der Waals surface area contributed by atoms with Crippen LogP contribution in [0.2, 0.25) is 5.02 Å². The summed E-state index contributed by atoms with van der Waals surface area (Å²) in [5.74, 6) is 0.422. The molecule has 0 bridgehead atoms. The Morgan fingerprint density at radius 3 is 2.54 bits per heavy atom. The molecule has 0 saturated heterocycles. The number of nitro groups is 1. The van der Waals surface area contributed by atoms with Gasteiger partial charge in [-0.25, -0.2) is 9.97 Å². The lowest BCUT2D eigenvalue weighted by Crippen LogP contribution is -2.20. The molecule has 26 heavy (non-hydrogen) atoms. The van der Waals surface area contributed by atoms with Crippen LogP contribution in [0.4, 0.5) is 23.0 Å². The number of nitrogens with one attached hydrogen (secondary N) is 2. The summed E-state index contributed by atoms with van der Waals surface area (Å²) in [6, 6.07) is 5.55. The Bertz CT molecular complexity index is 791. The normalized spacial score (nSPS) is 15.3. The fourth-order valence-electron chi connectivity index (χ4n) is 3.22. The SMILES string of the molecule is Cc1ccc(Cl)cc1Nc1ncnc(NC2CCCCCC2)c1[N+](=O)[O-]. The Balaban J connectivity index is 1.90. The number of anilines is 3. The maximum absolute atomic E-state index is 11.7. The summed E-state index contributed by atoms with van der Waals surface area (Å²) < 4.78 is 0. The van der Waals surface area contributed by atoms with Crippen molar-refractivity contribution in [1.82, 2.24) is 9.97 Å². The third kappa shape index (κ3) is 4.40. The minimum absolute atomic E-state index is 0.142. The van der Waals surface area contributed by atoms with Crippen molar-refractivity contribution in [3.63, 3.8) is 0 Å². The van der Waals surface area contributed by atoms with Crippen LogP contribution >= 0.6 is 11.6 Å². The molecule has 0 unspecified atom stereocenters. The van der Waals surface area contributed by atoms with Gasteiger partial charge in [-0.05, 0) is 37.5 Å². The summed E-state index contributed by atoms with van der Waals surface area (Å²) in [6.07, 6.45) is 8.02. The van der Waals surface area contributed by atoms with Gasteiger partial charge in [0.05, 0.1) is 4.92 Å². The zero-order valence-electron chi connectivity index (χ0n) is 14.7. The molecule has 1 fully saturated rings. The average Bonchev–Trinajstić information content (AvgIpc) is 2.87. The van der Waals surface area contributed by atoms with Crippen molar-refractivity contribution >= 4 is 34.6 Å².